The van der Waals surface area contributed by atoms with Gasteiger partial charge in [0.15, 0.2) is 11.5 Å². The molecular weight excluding hydrogens is 661 g/mol. The van der Waals surface area contributed by atoms with E-state index in [1.807, 2.05) is 0 Å². The van der Waals surface area contributed by atoms with Crippen molar-refractivity contribution in [2.45, 2.75) is 35.8 Å². The van der Waals surface area contributed by atoms with Crippen molar-refractivity contribution in [2.75, 3.05) is 56.2 Å². The van der Waals surface area contributed by atoms with Gasteiger partial charge in [-0.15, -0.1) is 0 Å². The van der Waals surface area contributed by atoms with Crippen LogP contribution in [-0.2, 0) is 10.0 Å². The number of thioether (sulfide) groups is 1. The summed E-state index contributed by atoms with van der Waals surface area (Å²) in [5.41, 5.74) is 0.612. The van der Waals surface area contributed by atoms with Crippen LogP contribution in [0.1, 0.15) is 28.9 Å². The predicted octanol–water partition coefficient (Wildman–Crippen LogP) is 2.86. The molecule has 0 spiro atoms. The lowest BCUT2D eigenvalue weighted by Crippen LogP contribution is -2.53. The summed E-state index contributed by atoms with van der Waals surface area (Å²) in [5, 5.41) is 6.12. The van der Waals surface area contributed by atoms with Crippen molar-refractivity contribution in [3.8, 4) is 17.6 Å². The van der Waals surface area contributed by atoms with Crippen LogP contribution in [0, 0.1) is 17.8 Å². The van der Waals surface area contributed by atoms with Crippen LogP contribution in [0.2, 0.25) is 0 Å². The molecule has 13 nitrogen and oxygen atoms in total. The fourth-order valence-corrected chi connectivity index (χ4v) is 7.92. The number of imidazole rings is 1. The lowest BCUT2D eigenvalue weighted by molar-refractivity contribution is 0.0981. The lowest BCUT2D eigenvalue weighted by Gasteiger charge is -2.37. The summed E-state index contributed by atoms with van der Waals surface area (Å²) in [5.74, 6) is 1.76. The number of methoxy groups -OCH3 is 1. The van der Waals surface area contributed by atoms with E-state index in [-0.39, 0.29) is 77.9 Å². The predicted molar refractivity (Wildman–Crippen MR) is 168 cm³/mol. The number of halogens is 3. The molecule has 3 aromatic rings. The van der Waals surface area contributed by atoms with Crippen molar-refractivity contribution >= 4 is 50.9 Å². The van der Waals surface area contributed by atoms with Crippen molar-refractivity contribution in [1.29, 1.82) is 0 Å². The number of carbonyl (C=O) groups is 2. The average molecular weight is 693 g/mol. The smallest absolute Gasteiger partial charge is 0.320 e. The number of hydrogen-bond donors (Lipinski definition) is 3. The Kier molecular flexibility index (Phi) is 9.28. The third-order valence-corrected chi connectivity index (χ3v) is 10.3. The maximum absolute atomic E-state index is 15.5. The average Bonchev–Trinajstić information content (AvgIpc) is 3.63. The number of amides is 3. The molecule has 4 aliphatic heterocycles. The molecule has 1 aromatic carbocycles. The van der Waals surface area contributed by atoms with Crippen molar-refractivity contribution in [3.63, 3.8) is 0 Å². The van der Waals surface area contributed by atoms with E-state index >= 15 is 4.39 Å². The zero-order valence-electron chi connectivity index (χ0n) is 25.1. The molecule has 3 N–H and O–H groups in total. The quantitative estimate of drug-likeness (QED) is 0.276. The molecule has 0 radical (unpaired) electrons. The number of nitrogens with one attached hydrogen (secondary N) is 3. The topological polar surface area (TPSA) is 150 Å². The molecule has 0 unspecified atom stereocenters. The maximum atomic E-state index is 15.5. The molecule has 7 rings (SSSR count). The van der Waals surface area contributed by atoms with Crippen LogP contribution in [0.5, 0.6) is 5.75 Å². The van der Waals surface area contributed by atoms with E-state index < -0.39 is 45.9 Å². The second-order valence-corrected chi connectivity index (χ2v) is 14.0. The first kappa shape index (κ1) is 32.6. The van der Waals surface area contributed by atoms with Gasteiger partial charge in [0, 0.05) is 37.6 Å². The molecule has 2 fully saturated rings. The molecule has 6 heterocycles. The zero-order chi connectivity index (χ0) is 33.3. The summed E-state index contributed by atoms with van der Waals surface area (Å²) in [6.45, 7) is 0.445. The number of ether oxygens (including phenoxy) is 1. The molecular formula is C29H31F3N8O5S2. The van der Waals surface area contributed by atoms with E-state index in [0.717, 1.165) is 0 Å². The summed E-state index contributed by atoms with van der Waals surface area (Å²) in [6.07, 6.45) is 2.01. The van der Waals surface area contributed by atoms with E-state index in [0.29, 0.717) is 24.4 Å². The molecule has 4 aliphatic rings. The van der Waals surface area contributed by atoms with Crippen LogP contribution in [-0.4, -0.2) is 108 Å². The Balaban J connectivity index is 1.35. The maximum Gasteiger partial charge on any atom is 0.320 e. The number of hydrogen-bond acceptors (Lipinski definition) is 10. The highest BCUT2D eigenvalue weighted by Crippen LogP contribution is 2.32. The van der Waals surface area contributed by atoms with E-state index in [2.05, 4.69) is 37.2 Å². The van der Waals surface area contributed by atoms with Crippen molar-refractivity contribution in [1.82, 2.24) is 28.9 Å². The molecule has 3 amide bonds. The van der Waals surface area contributed by atoms with Gasteiger partial charge < -0.3 is 25.2 Å². The Bertz CT molecular complexity index is 1860. The third kappa shape index (κ3) is 7.15. The molecule has 8 bridgehead atoms. The number of urea groups is 1. The lowest BCUT2D eigenvalue weighted by atomic mass is 10.0. The second kappa shape index (κ2) is 13.4. The van der Waals surface area contributed by atoms with E-state index in [9.17, 15) is 26.8 Å². The van der Waals surface area contributed by atoms with Crippen LogP contribution in [0.25, 0.3) is 5.65 Å². The SMILES string of the molecule is COc1ccc2cc1NCC#Cc1nc3c(nccn3c1SC(F)F)N[C@@H]1CCN(C[C@@H]1F)C(=O)N1CC[C@H](C1)CS(=O)(=O)NC2=O. The number of piperidine rings is 1. The highest BCUT2D eigenvalue weighted by molar-refractivity contribution is 7.99. The summed E-state index contributed by atoms with van der Waals surface area (Å²) >= 11 is 0.258. The van der Waals surface area contributed by atoms with Gasteiger partial charge in [0.1, 0.15) is 22.6 Å². The summed E-state index contributed by atoms with van der Waals surface area (Å²) < 4.78 is 77.5. The molecule has 2 aromatic heterocycles. The normalized spacial score (nSPS) is 23.1. The number of alkyl halides is 3. The number of fused-ring (bicyclic) bond motifs is 7. The van der Waals surface area contributed by atoms with E-state index in [1.54, 1.807) is 0 Å². The number of carbonyl (C=O) groups excluding carboxylic acids is 2. The van der Waals surface area contributed by atoms with Crippen LogP contribution >= 0.6 is 11.8 Å². The van der Waals surface area contributed by atoms with Gasteiger partial charge in [-0.25, -0.2) is 32.3 Å². The van der Waals surface area contributed by atoms with Gasteiger partial charge in [0.2, 0.25) is 10.0 Å². The number of sulfonamides is 1. The highest BCUT2D eigenvalue weighted by Gasteiger charge is 2.37. The molecule has 0 saturated carbocycles. The van der Waals surface area contributed by atoms with Gasteiger partial charge in [-0.3, -0.25) is 9.20 Å². The minimum Gasteiger partial charge on any atom is -0.495 e. The van der Waals surface area contributed by atoms with Crippen molar-refractivity contribution < 1.29 is 35.9 Å². The summed E-state index contributed by atoms with van der Waals surface area (Å²) in [4.78, 5) is 37.9. The monoisotopic (exact) mass is 692 g/mol. The van der Waals surface area contributed by atoms with Crippen LogP contribution in [0.4, 0.5) is 29.5 Å². The molecule has 2 saturated heterocycles. The van der Waals surface area contributed by atoms with E-state index in [1.165, 1.54) is 51.9 Å². The zero-order valence-corrected chi connectivity index (χ0v) is 26.7. The van der Waals surface area contributed by atoms with Crippen molar-refractivity contribution in [2.24, 2.45) is 5.92 Å². The van der Waals surface area contributed by atoms with E-state index in [4.69, 9.17) is 4.74 Å². The van der Waals surface area contributed by atoms with Gasteiger partial charge >= 0.3 is 6.03 Å². The number of anilines is 2. The van der Waals surface area contributed by atoms with Crippen molar-refractivity contribution in [3.05, 3.63) is 41.9 Å². The van der Waals surface area contributed by atoms with Crippen LogP contribution in [0.15, 0.2) is 35.6 Å². The highest BCUT2D eigenvalue weighted by atomic mass is 32.2. The van der Waals surface area contributed by atoms with Crippen LogP contribution < -0.4 is 20.1 Å². The van der Waals surface area contributed by atoms with Gasteiger partial charge in [-0.1, -0.05) is 5.92 Å². The number of benzene rings is 1. The fraction of sp³-hybridized carbons (Fsp3) is 0.448. The molecule has 3 atom stereocenters. The Morgan fingerprint density at radius 2 is 1.94 bits per heavy atom. The second-order valence-electron chi connectivity index (χ2n) is 11.3. The third-order valence-electron chi connectivity index (χ3n) is 8.13. The Morgan fingerprint density at radius 1 is 1.15 bits per heavy atom. The molecule has 250 valence electrons. The number of nitrogens with zero attached hydrogens (tertiary/aromatic N) is 5. The summed E-state index contributed by atoms with van der Waals surface area (Å²) in [7, 11) is -2.65. The molecule has 0 aliphatic carbocycles. The van der Waals surface area contributed by atoms with Gasteiger partial charge in [-0.05, 0) is 54.6 Å². The van der Waals surface area contributed by atoms with Gasteiger partial charge in [0.25, 0.3) is 11.7 Å². The Morgan fingerprint density at radius 3 is 2.70 bits per heavy atom. The number of rotatable bonds is 3. The van der Waals surface area contributed by atoms with Crippen LogP contribution in [0.3, 0.4) is 0 Å². The largest absolute Gasteiger partial charge is 0.495 e. The Labute approximate surface area is 272 Å². The van der Waals surface area contributed by atoms with Gasteiger partial charge in [0.05, 0.1) is 37.7 Å². The van der Waals surface area contributed by atoms with Gasteiger partial charge in [-0.2, -0.15) is 8.78 Å². The first-order valence-electron chi connectivity index (χ1n) is 14.7. The molecule has 18 heteroatoms. The first-order valence-corrected chi connectivity index (χ1v) is 17.3. The minimum absolute atomic E-state index is 0.0191. The Hall–Kier alpha value is -4.37. The number of aromatic nitrogens is 3. The minimum atomic E-state index is -4.07. The first-order chi connectivity index (χ1) is 22.5. The summed E-state index contributed by atoms with van der Waals surface area (Å²) in [6, 6.07) is 3.18. The standard InChI is InChI=1S/C29H31F3N8O5S2/c1-45-23-5-4-18-13-22(23)33-8-2-3-21-27(46-28(31)32)40-12-9-34-24(25(40)36-21)35-20-7-11-39(15-19(20)30)29(42)38-10-6-17(14-38)16-47(43,44)37-26(18)41/h4-5,9,12-13,17,19-20,28,33H,6-8,10-11,14-16H2,1H3,(H,34,35)(H,37,41)/t17-,19+,20-/m1/s1. The molecule has 47 heavy (non-hydrogen) atoms. The fourth-order valence-electron chi connectivity index (χ4n) is 5.90.